The van der Waals surface area contributed by atoms with Crippen LogP contribution in [0.5, 0.6) is 0 Å². The van der Waals surface area contributed by atoms with Crippen molar-refractivity contribution in [1.82, 2.24) is 5.48 Å². The molecule has 0 spiro atoms. The maximum absolute atomic E-state index is 13.0. The van der Waals surface area contributed by atoms with Gasteiger partial charge in [0.25, 0.3) is 5.91 Å². The number of hydrogen-bond donors (Lipinski definition) is 2. The number of carbonyl (C=O) groups excluding carboxylic acids is 1. The highest BCUT2D eigenvalue weighted by Gasteiger charge is 2.30. The Hall–Kier alpha value is -2.64. The van der Waals surface area contributed by atoms with Crippen LogP contribution in [0.4, 0.5) is 13.2 Å². The molecule has 4 rings (SSSR count). The summed E-state index contributed by atoms with van der Waals surface area (Å²) >= 11 is 1.49. The van der Waals surface area contributed by atoms with Crippen LogP contribution in [0.25, 0.3) is 10.4 Å². The Morgan fingerprint density at radius 2 is 1.91 bits per heavy atom. The second-order valence-corrected chi connectivity index (χ2v) is 9.57. The van der Waals surface area contributed by atoms with Crippen LogP contribution >= 0.6 is 11.3 Å². The van der Waals surface area contributed by atoms with E-state index in [4.69, 9.17) is 5.21 Å². The van der Waals surface area contributed by atoms with Gasteiger partial charge in [0.2, 0.25) is 0 Å². The van der Waals surface area contributed by atoms with Crippen LogP contribution in [0.15, 0.2) is 53.9 Å². The van der Waals surface area contributed by atoms with Gasteiger partial charge >= 0.3 is 6.18 Å². The van der Waals surface area contributed by atoms with Crippen molar-refractivity contribution in [2.24, 2.45) is 5.92 Å². The number of thiophene rings is 1. The molecule has 1 heterocycles. The Bertz CT molecular complexity index is 1120. The molecule has 1 amide bonds. The fraction of sp³-hybridized carbons (Fsp3) is 0.346. The van der Waals surface area contributed by atoms with Gasteiger partial charge in [-0.1, -0.05) is 24.6 Å². The smallest absolute Gasteiger partial charge is 0.288 e. The van der Waals surface area contributed by atoms with E-state index >= 15 is 0 Å². The summed E-state index contributed by atoms with van der Waals surface area (Å²) in [7, 11) is 0. The number of nitrogens with one attached hydrogen (secondary N) is 1. The van der Waals surface area contributed by atoms with Gasteiger partial charge in [0.1, 0.15) is 0 Å². The predicted octanol–water partition coefficient (Wildman–Crippen LogP) is 7.07. The first kappa shape index (κ1) is 23.5. The molecule has 1 aliphatic rings. The van der Waals surface area contributed by atoms with E-state index in [9.17, 15) is 18.0 Å². The van der Waals surface area contributed by atoms with Crippen molar-refractivity contribution in [3.63, 3.8) is 0 Å². The number of aryl methyl sites for hydroxylation is 3. The number of benzene rings is 2. The molecule has 3 nitrogen and oxygen atoms in total. The summed E-state index contributed by atoms with van der Waals surface area (Å²) in [4.78, 5) is 12.6. The molecule has 0 saturated carbocycles. The maximum atomic E-state index is 13.0. The number of halogens is 3. The van der Waals surface area contributed by atoms with Crippen LogP contribution in [0.3, 0.4) is 0 Å². The Morgan fingerprint density at radius 3 is 2.70 bits per heavy atom. The lowest BCUT2D eigenvalue weighted by Crippen LogP contribution is -2.19. The van der Waals surface area contributed by atoms with Gasteiger partial charge in [0.15, 0.2) is 0 Å². The summed E-state index contributed by atoms with van der Waals surface area (Å²) in [5.74, 6) is 0.0656. The zero-order valence-corrected chi connectivity index (χ0v) is 18.9. The Kier molecular flexibility index (Phi) is 7.20. The van der Waals surface area contributed by atoms with Crippen LogP contribution in [0.2, 0.25) is 0 Å². The lowest BCUT2D eigenvalue weighted by atomic mass is 9.84. The fourth-order valence-electron chi connectivity index (χ4n) is 4.56. The van der Waals surface area contributed by atoms with E-state index in [1.54, 1.807) is 17.6 Å². The summed E-state index contributed by atoms with van der Waals surface area (Å²) in [6.45, 7) is 0. The average molecular weight is 474 g/mol. The number of alkyl halides is 3. The first-order valence-corrected chi connectivity index (χ1v) is 12.0. The molecule has 174 valence electrons. The summed E-state index contributed by atoms with van der Waals surface area (Å²) < 4.78 is 39.1. The summed E-state index contributed by atoms with van der Waals surface area (Å²) in [6, 6.07) is 13.1. The SMILES string of the molecule is O=C(NO)c1ccc2c(c1)CCC(CCc1csc(-c3cccc(C(F)(F)F)c3)c1)CCC2. The quantitative estimate of drug-likeness (QED) is 0.308. The van der Waals surface area contributed by atoms with Gasteiger partial charge in [-0.2, -0.15) is 13.2 Å². The van der Waals surface area contributed by atoms with Crippen LogP contribution in [0.1, 0.15) is 58.3 Å². The molecule has 1 unspecified atom stereocenters. The lowest BCUT2D eigenvalue weighted by Gasteiger charge is -2.22. The van der Waals surface area contributed by atoms with Gasteiger partial charge < -0.3 is 0 Å². The van der Waals surface area contributed by atoms with Crippen molar-refractivity contribution in [3.8, 4) is 10.4 Å². The van der Waals surface area contributed by atoms with Crippen molar-refractivity contribution in [2.75, 3.05) is 0 Å². The molecule has 0 saturated heterocycles. The van der Waals surface area contributed by atoms with E-state index in [-0.39, 0.29) is 0 Å². The summed E-state index contributed by atoms with van der Waals surface area (Å²) in [6.07, 6.45) is 2.73. The first-order chi connectivity index (χ1) is 15.8. The van der Waals surface area contributed by atoms with Crippen LogP contribution in [0, 0.1) is 5.92 Å². The monoisotopic (exact) mass is 473 g/mol. The standard InChI is InChI=1S/C26H26F3NO2S/c27-26(28,29)23-6-2-5-21(15-23)24-13-18(16-33-24)8-7-17-3-1-4-19-11-12-22(25(31)30-32)14-20(19)10-9-17/h2,5-6,11-17,32H,1,3-4,7-10H2,(H,30,31). The third kappa shape index (κ3) is 5.84. The summed E-state index contributed by atoms with van der Waals surface area (Å²) in [5.41, 5.74) is 5.75. The number of hydroxylamine groups is 1. The Labute approximate surface area is 195 Å². The third-order valence-corrected chi connectivity index (χ3v) is 7.45. The van der Waals surface area contributed by atoms with Crippen molar-refractivity contribution in [2.45, 2.75) is 51.1 Å². The highest BCUT2D eigenvalue weighted by atomic mass is 32.1. The molecule has 1 aliphatic carbocycles. The van der Waals surface area contributed by atoms with E-state index in [1.807, 2.05) is 23.6 Å². The molecule has 2 aromatic carbocycles. The van der Waals surface area contributed by atoms with Gasteiger partial charge in [-0.15, -0.1) is 11.3 Å². The summed E-state index contributed by atoms with van der Waals surface area (Å²) in [5, 5.41) is 10.9. The molecule has 1 atom stereocenters. The molecule has 3 aromatic rings. The molecule has 0 fully saturated rings. The molecular weight excluding hydrogens is 447 g/mol. The van der Waals surface area contributed by atoms with Crippen LogP contribution < -0.4 is 5.48 Å². The molecule has 1 aromatic heterocycles. The van der Waals surface area contributed by atoms with Crippen molar-refractivity contribution in [1.29, 1.82) is 0 Å². The maximum Gasteiger partial charge on any atom is 0.416 e. The number of amides is 1. The number of carbonyl (C=O) groups is 1. The highest BCUT2D eigenvalue weighted by Crippen LogP contribution is 2.35. The topological polar surface area (TPSA) is 49.3 Å². The third-order valence-electron chi connectivity index (χ3n) is 6.42. The van der Waals surface area contributed by atoms with E-state index in [1.165, 1.54) is 34.6 Å². The van der Waals surface area contributed by atoms with Gasteiger partial charge in [0, 0.05) is 10.4 Å². The second-order valence-electron chi connectivity index (χ2n) is 8.66. The average Bonchev–Trinajstić information content (AvgIpc) is 3.27. The zero-order valence-electron chi connectivity index (χ0n) is 18.1. The second kappa shape index (κ2) is 10.1. The van der Waals surface area contributed by atoms with Crippen LogP contribution in [-0.4, -0.2) is 11.1 Å². The Morgan fingerprint density at radius 1 is 1.06 bits per heavy atom. The normalized spacial score (nSPS) is 16.5. The minimum Gasteiger partial charge on any atom is -0.288 e. The van der Waals surface area contributed by atoms with Gasteiger partial charge in [0.05, 0.1) is 5.56 Å². The van der Waals surface area contributed by atoms with Gasteiger partial charge in [-0.25, -0.2) is 5.48 Å². The van der Waals surface area contributed by atoms with Gasteiger partial charge in [-0.05, 0) is 102 Å². The van der Waals surface area contributed by atoms with Crippen molar-refractivity contribution < 1.29 is 23.2 Å². The first-order valence-electron chi connectivity index (χ1n) is 11.1. The van der Waals surface area contributed by atoms with E-state index in [0.717, 1.165) is 61.5 Å². The largest absolute Gasteiger partial charge is 0.416 e. The predicted molar refractivity (Wildman–Crippen MR) is 124 cm³/mol. The van der Waals surface area contributed by atoms with E-state index in [0.29, 0.717) is 17.0 Å². The molecule has 7 heteroatoms. The molecule has 33 heavy (non-hydrogen) atoms. The molecule has 0 aliphatic heterocycles. The highest BCUT2D eigenvalue weighted by molar-refractivity contribution is 7.13. The van der Waals surface area contributed by atoms with Gasteiger partial charge in [-0.3, -0.25) is 10.0 Å². The fourth-order valence-corrected chi connectivity index (χ4v) is 5.51. The molecule has 0 radical (unpaired) electrons. The van der Waals surface area contributed by atoms with Crippen LogP contribution in [-0.2, 0) is 25.4 Å². The van der Waals surface area contributed by atoms with E-state index < -0.39 is 17.6 Å². The van der Waals surface area contributed by atoms with E-state index in [2.05, 4.69) is 0 Å². The number of rotatable bonds is 5. The van der Waals surface area contributed by atoms with Crippen molar-refractivity contribution in [3.05, 3.63) is 81.7 Å². The Balaban J connectivity index is 1.38. The molecular formula is C26H26F3NO2S. The zero-order chi connectivity index (χ0) is 23.4. The number of hydrogen-bond acceptors (Lipinski definition) is 3. The number of fused-ring (bicyclic) bond motifs is 1. The van der Waals surface area contributed by atoms with Crippen molar-refractivity contribution >= 4 is 17.2 Å². The minimum absolute atomic E-state index is 0.466. The lowest BCUT2D eigenvalue weighted by molar-refractivity contribution is -0.137. The minimum atomic E-state index is -4.34. The molecule has 2 N–H and O–H groups in total. The molecule has 0 bridgehead atoms.